The highest BCUT2D eigenvalue weighted by atomic mass is 16.5. The maximum absolute atomic E-state index is 12.5. The van der Waals surface area contributed by atoms with Crippen LogP contribution >= 0.6 is 0 Å². The van der Waals surface area contributed by atoms with Crippen molar-refractivity contribution in [1.82, 2.24) is 10.6 Å². The summed E-state index contributed by atoms with van der Waals surface area (Å²) < 4.78 is 16.8. The van der Waals surface area contributed by atoms with E-state index in [1.54, 1.807) is 19.9 Å². The average molecular weight is 390 g/mol. The van der Waals surface area contributed by atoms with Crippen molar-refractivity contribution in [2.24, 2.45) is 0 Å². The summed E-state index contributed by atoms with van der Waals surface area (Å²) in [4.78, 5) is 24.5. The molecule has 1 aliphatic heterocycles. The molecule has 2 rings (SSSR count). The number of nitrogens with one attached hydrogen (secondary N) is 2. The fraction of sp³-hybridized carbons (Fsp3) is 0.524. The number of rotatable bonds is 10. The fourth-order valence-electron chi connectivity index (χ4n) is 3.05. The summed E-state index contributed by atoms with van der Waals surface area (Å²) >= 11 is 0. The second-order valence-corrected chi connectivity index (χ2v) is 6.49. The summed E-state index contributed by atoms with van der Waals surface area (Å²) in [6.07, 6.45) is 3.21. The number of carbonyl (C=O) groups is 2. The van der Waals surface area contributed by atoms with Gasteiger partial charge in [0.25, 0.3) is 0 Å². The van der Waals surface area contributed by atoms with Crippen LogP contribution in [-0.4, -0.2) is 31.8 Å². The van der Waals surface area contributed by atoms with Gasteiger partial charge in [0.1, 0.15) is 0 Å². The summed E-state index contributed by atoms with van der Waals surface area (Å²) in [6, 6.07) is 4.47. The summed E-state index contributed by atoms with van der Waals surface area (Å²) in [7, 11) is 0. The van der Waals surface area contributed by atoms with Gasteiger partial charge in [-0.05, 0) is 44.9 Å². The third-order valence-electron chi connectivity index (χ3n) is 4.37. The molecule has 0 aliphatic carbocycles. The maximum Gasteiger partial charge on any atom is 0.338 e. The predicted octanol–water partition coefficient (Wildman–Crippen LogP) is 3.85. The Balaban J connectivity index is 2.33. The smallest absolute Gasteiger partial charge is 0.338 e. The van der Waals surface area contributed by atoms with Crippen molar-refractivity contribution >= 4 is 12.0 Å². The number of esters is 1. The van der Waals surface area contributed by atoms with E-state index in [1.807, 2.05) is 19.1 Å². The molecule has 1 atom stereocenters. The van der Waals surface area contributed by atoms with E-state index in [-0.39, 0.29) is 12.6 Å². The molecule has 1 aliphatic rings. The quantitative estimate of drug-likeness (QED) is 0.468. The van der Waals surface area contributed by atoms with E-state index >= 15 is 0 Å². The molecule has 0 bridgehead atoms. The number of carbonyl (C=O) groups excluding carboxylic acids is 2. The highest BCUT2D eigenvalue weighted by Gasteiger charge is 2.32. The molecule has 28 heavy (non-hydrogen) atoms. The zero-order valence-corrected chi connectivity index (χ0v) is 17.1. The van der Waals surface area contributed by atoms with Gasteiger partial charge in [-0.15, -0.1) is 0 Å². The first-order valence-corrected chi connectivity index (χ1v) is 9.86. The Morgan fingerprint density at radius 1 is 1.07 bits per heavy atom. The minimum absolute atomic E-state index is 0.255. The normalized spacial score (nSPS) is 16.3. The number of amides is 2. The van der Waals surface area contributed by atoms with Crippen LogP contribution in [-0.2, 0) is 9.53 Å². The van der Waals surface area contributed by atoms with Crippen molar-refractivity contribution in [3.63, 3.8) is 0 Å². The van der Waals surface area contributed by atoms with Crippen molar-refractivity contribution < 1.29 is 23.8 Å². The summed E-state index contributed by atoms with van der Waals surface area (Å²) in [5.41, 5.74) is 1.58. The first-order chi connectivity index (χ1) is 13.5. The number of allylic oxidation sites excluding steroid dienone is 1. The molecule has 0 radical (unpaired) electrons. The molecule has 1 aromatic rings. The van der Waals surface area contributed by atoms with Crippen LogP contribution < -0.4 is 20.1 Å². The number of ether oxygens (including phenoxy) is 3. The predicted molar refractivity (Wildman–Crippen MR) is 106 cm³/mol. The van der Waals surface area contributed by atoms with Crippen molar-refractivity contribution in [3.8, 4) is 11.5 Å². The van der Waals surface area contributed by atoms with E-state index in [1.165, 1.54) is 0 Å². The van der Waals surface area contributed by atoms with Crippen molar-refractivity contribution in [2.45, 2.75) is 53.0 Å². The lowest BCUT2D eigenvalue weighted by Crippen LogP contribution is -2.45. The molecule has 1 heterocycles. The van der Waals surface area contributed by atoms with Crippen molar-refractivity contribution in [1.29, 1.82) is 0 Å². The van der Waals surface area contributed by atoms with Crippen molar-refractivity contribution in [3.05, 3.63) is 35.0 Å². The van der Waals surface area contributed by atoms with E-state index in [0.29, 0.717) is 36.0 Å². The summed E-state index contributed by atoms with van der Waals surface area (Å²) in [5, 5.41) is 5.43. The van der Waals surface area contributed by atoms with Crippen LogP contribution in [0.25, 0.3) is 0 Å². The van der Waals surface area contributed by atoms with Gasteiger partial charge in [0, 0.05) is 5.70 Å². The summed E-state index contributed by atoms with van der Waals surface area (Å²) in [6.45, 7) is 8.82. The molecule has 1 unspecified atom stereocenters. The van der Waals surface area contributed by atoms with Gasteiger partial charge in [-0.3, -0.25) is 0 Å². The fourth-order valence-corrected chi connectivity index (χ4v) is 3.05. The van der Waals surface area contributed by atoms with Crippen LogP contribution in [0, 0.1) is 0 Å². The molecule has 0 saturated heterocycles. The van der Waals surface area contributed by atoms with Crippen LogP contribution in [0.1, 0.15) is 58.6 Å². The van der Waals surface area contributed by atoms with Gasteiger partial charge in [0.15, 0.2) is 11.5 Å². The van der Waals surface area contributed by atoms with E-state index in [4.69, 9.17) is 14.2 Å². The Morgan fingerprint density at radius 3 is 2.54 bits per heavy atom. The average Bonchev–Trinajstić information content (AvgIpc) is 2.66. The maximum atomic E-state index is 12.5. The second-order valence-electron chi connectivity index (χ2n) is 6.49. The molecule has 1 aromatic carbocycles. The van der Waals surface area contributed by atoms with Crippen LogP contribution in [0.5, 0.6) is 11.5 Å². The van der Waals surface area contributed by atoms with E-state index in [0.717, 1.165) is 24.8 Å². The monoisotopic (exact) mass is 390 g/mol. The number of urea groups is 1. The molecule has 154 valence electrons. The third kappa shape index (κ3) is 5.41. The topological polar surface area (TPSA) is 85.9 Å². The second kappa shape index (κ2) is 10.6. The lowest BCUT2D eigenvalue weighted by molar-refractivity contribution is -0.139. The number of unbranched alkanes of at least 4 members (excludes halogenated alkanes) is 2. The Bertz CT molecular complexity index is 730. The molecule has 0 spiro atoms. The van der Waals surface area contributed by atoms with Gasteiger partial charge < -0.3 is 24.8 Å². The number of hydrogen-bond acceptors (Lipinski definition) is 5. The standard InChI is InChI=1S/C21H30N2O5/c1-5-8-9-12-28-16-11-10-15(13-17(16)26-6-2)19-18(20(24)27-7-3)14(4)22-21(25)23-19/h10-11,13,19H,5-9,12H2,1-4H3,(H2,22,23,25). The largest absolute Gasteiger partial charge is 0.490 e. The highest BCUT2D eigenvalue weighted by molar-refractivity contribution is 5.95. The molecular weight excluding hydrogens is 360 g/mol. The van der Waals surface area contributed by atoms with Crippen LogP contribution in [0.15, 0.2) is 29.5 Å². The third-order valence-corrected chi connectivity index (χ3v) is 4.37. The zero-order valence-electron chi connectivity index (χ0n) is 17.1. The Kier molecular flexibility index (Phi) is 8.17. The number of benzene rings is 1. The van der Waals surface area contributed by atoms with Gasteiger partial charge in [0.2, 0.25) is 0 Å². The lowest BCUT2D eigenvalue weighted by atomic mass is 9.95. The Morgan fingerprint density at radius 2 is 1.86 bits per heavy atom. The van der Waals surface area contributed by atoms with Crippen LogP contribution in [0.3, 0.4) is 0 Å². The first-order valence-electron chi connectivity index (χ1n) is 9.86. The zero-order chi connectivity index (χ0) is 20.5. The van der Waals surface area contributed by atoms with Gasteiger partial charge in [-0.25, -0.2) is 9.59 Å². The highest BCUT2D eigenvalue weighted by Crippen LogP contribution is 2.35. The minimum Gasteiger partial charge on any atom is -0.490 e. The van der Waals surface area contributed by atoms with Gasteiger partial charge in [0.05, 0.1) is 31.4 Å². The SMILES string of the molecule is CCCCCOc1ccc(C2NC(=O)NC(C)=C2C(=O)OCC)cc1OCC. The van der Waals surface area contributed by atoms with Crippen LogP contribution in [0.4, 0.5) is 4.79 Å². The van der Waals surface area contributed by atoms with Gasteiger partial charge >= 0.3 is 12.0 Å². The molecule has 2 amide bonds. The Labute approximate surface area is 166 Å². The van der Waals surface area contributed by atoms with Crippen LogP contribution in [0.2, 0.25) is 0 Å². The van der Waals surface area contributed by atoms with E-state index < -0.39 is 12.0 Å². The minimum atomic E-state index is -0.624. The molecule has 7 nitrogen and oxygen atoms in total. The molecule has 7 heteroatoms. The Hall–Kier alpha value is -2.70. The van der Waals surface area contributed by atoms with Crippen molar-refractivity contribution in [2.75, 3.05) is 19.8 Å². The lowest BCUT2D eigenvalue weighted by Gasteiger charge is -2.28. The number of hydrogen-bond donors (Lipinski definition) is 2. The van der Waals surface area contributed by atoms with E-state index in [2.05, 4.69) is 17.6 Å². The molecule has 0 saturated carbocycles. The molecular formula is C21H30N2O5. The van der Waals surface area contributed by atoms with Gasteiger partial charge in [-0.2, -0.15) is 0 Å². The molecule has 0 aromatic heterocycles. The molecule has 0 fully saturated rings. The van der Waals surface area contributed by atoms with Gasteiger partial charge in [-0.1, -0.05) is 25.8 Å². The first kappa shape index (κ1) is 21.6. The van der Waals surface area contributed by atoms with E-state index in [9.17, 15) is 9.59 Å². The molecule has 2 N–H and O–H groups in total. The summed E-state index contributed by atoms with van der Waals surface area (Å²) in [5.74, 6) is 0.779.